The monoisotopic (exact) mass is 362 g/mol. The van der Waals surface area contributed by atoms with Gasteiger partial charge in [-0.15, -0.1) is 0 Å². The summed E-state index contributed by atoms with van der Waals surface area (Å²) in [7, 11) is -3.94. The Morgan fingerprint density at radius 3 is 2.70 bits per heavy atom. The molecule has 0 aliphatic carbocycles. The van der Waals surface area contributed by atoms with Crippen LogP contribution in [0.3, 0.4) is 0 Å². The van der Waals surface area contributed by atoms with Gasteiger partial charge in [-0.1, -0.05) is 11.6 Å². The summed E-state index contributed by atoms with van der Waals surface area (Å²) in [6.45, 7) is 4.76. The third-order valence-corrected chi connectivity index (χ3v) is 5.30. The zero-order valence-corrected chi connectivity index (χ0v) is 14.1. The van der Waals surface area contributed by atoms with Crippen LogP contribution in [0.1, 0.15) is 6.42 Å². The smallest absolute Gasteiger partial charge is 0.290 e. The molecule has 128 valence electrons. The molecule has 1 aromatic carbocycles. The number of rotatable bonds is 7. The lowest BCUT2D eigenvalue weighted by Gasteiger charge is -2.27. The highest BCUT2D eigenvalue weighted by atomic mass is 35.5. The van der Waals surface area contributed by atoms with Crippen LogP contribution >= 0.6 is 11.6 Å². The van der Waals surface area contributed by atoms with Crippen molar-refractivity contribution in [3.63, 3.8) is 0 Å². The number of sulfonamides is 1. The van der Waals surface area contributed by atoms with E-state index in [2.05, 4.69) is 14.9 Å². The molecule has 1 fully saturated rings. The number of nitrogens with zero attached hydrogens (tertiary/aromatic N) is 2. The average Bonchev–Trinajstić information content (AvgIpc) is 2.52. The number of halogens is 1. The highest BCUT2D eigenvalue weighted by Gasteiger charge is 2.25. The second kappa shape index (κ2) is 8.02. The van der Waals surface area contributed by atoms with Crippen molar-refractivity contribution < 1.29 is 13.3 Å². The molecule has 10 heteroatoms. The van der Waals surface area contributed by atoms with Crippen LogP contribution in [0.2, 0.25) is 5.02 Å². The minimum absolute atomic E-state index is 0.120. The van der Waals surface area contributed by atoms with E-state index in [9.17, 15) is 18.5 Å². The molecule has 0 aromatic heterocycles. The third-order valence-electron chi connectivity index (χ3n) is 3.56. The van der Waals surface area contributed by atoms with Gasteiger partial charge in [0.05, 0.1) is 4.92 Å². The lowest BCUT2D eigenvalue weighted by atomic mass is 10.3. The fourth-order valence-electron chi connectivity index (χ4n) is 2.38. The molecule has 1 aromatic rings. The molecule has 1 aliphatic rings. The van der Waals surface area contributed by atoms with Gasteiger partial charge < -0.3 is 10.2 Å². The second-order valence-electron chi connectivity index (χ2n) is 5.21. The zero-order valence-electron chi connectivity index (χ0n) is 12.5. The van der Waals surface area contributed by atoms with E-state index in [1.165, 1.54) is 6.07 Å². The molecule has 0 spiro atoms. The fraction of sp³-hybridized carbons (Fsp3) is 0.538. The Hall–Kier alpha value is -1.26. The fourth-order valence-corrected chi connectivity index (χ4v) is 3.77. The molecular weight excluding hydrogens is 344 g/mol. The molecule has 8 nitrogen and oxygen atoms in total. The molecule has 1 saturated heterocycles. The Bertz CT molecular complexity index is 662. The summed E-state index contributed by atoms with van der Waals surface area (Å²) in [5, 5.41) is 14.4. The van der Waals surface area contributed by atoms with Crippen LogP contribution in [0.25, 0.3) is 0 Å². The maximum atomic E-state index is 12.2. The molecule has 1 aliphatic heterocycles. The van der Waals surface area contributed by atoms with E-state index in [4.69, 9.17) is 11.6 Å². The van der Waals surface area contributed by atoms with Crippen LogP contribution in [0.5, 0.6) is 0 Å². The van der Waals surface area contributed by atoms with Crippen LogP contribution in [0, 0.1) is 10.1 Å². The van der Waals surface area contributed by atoms with Crippen molar-refractivity contribution >= 4 is 27.3 Å². The van der Waals surface area contributed by atoms with E-state index in [0.717, 1.165) is 44.9 Å². The van der Waals surface area contributed by atoms with Crippen molar-refractivity contribution in [2.45, 2.75) is 11.3 Å². The number of nitrogens with one attached hydrogen (secondary N) is 2. The van der Waals surface area contributed by atoms with Crippen molar-refractivity contribution in [3.8, 4) is 0 Å². The number of hydrogen-bond acceptors (Lipinski definition) is 6. The SMILES string of the molecule is O=[N+]([O-])c1cc(Cl)ccc1S(=O)(=O)NCCCN1CCNCC1. The van der Waals surface area contributed by atoms with Gasteiger partial charge in [0, 0.05) is 43.8 Å². The van der Waals surface area contributed by atoms with Gasteiger partial charge in [0.15, 0.2) is 4.90 Å². The van der Waals surface area contributed by atoms with Crippen LogP contribution < -0.4 is 10.0 Å². The Balaban J connectivity index is 1.95. The van der Waals surface area contributed by atoms with Gasteiger partial charge in [-0.25, -0.2) is 13.1 Å². The summed E-state index contributed by atoms with van der Waals surface area (Å²) >= 11 is 5.69. The zero-order chi connectivity index (χ0) is 16.9. The predicted molar refractivity (Wildman–Crippen MR) is 87.2 cm³/mol. The number of hydrogen-bond donors (Lipinski definition) is 2. The summed E-state index contributed by atoms with van der Waals surface area (Å²) < 4.78 is 26.9. The average molecular weight is 363 g/mol. The second-order valence-corrected chi connectivity index (χ2v) is 7.38. The maximum absolute atomic E-state index is 12.2. The van der Waals surface area contributed by atoms with Gasteiger partial charge in [-0.05, 0) is 25.1 Å². The molecule has 0 atom stereocenters. The van der Waals surface area contributed by atoms with E-state index in [1.807, 2.05) is 0 Å². The topological polar surface area (TPSA) is 105 Å². The number of benzene rings is 1. The normalized spacial score (nSPS) is 16.4. The first kappa shape index (κ1) is 18.1. The van der Waals surface area contributed by atoms with Crippen LogP contribution in [0.15, 0.2) is 23.1 Å². The molecule has 0 unspecified atom stereocenters. The van der Waals surface area contributed by atoms with E-state index >= 15 is 0 Å². The van der Waals surface area contributed by atoms with E-state index in [0.29, 0.717) is 6.42 Å². The highest BCUT2D eigenvalue weighted by molar-refractivity contribution is 7.89. The van der Waals surface area contributed by atoms with Gasteiger partial charge in [0.25, 0.3) is 5.69 Å². The van der Waals surface area contributed by atoms with Crippen LogP contribution in [-0.2, 0) is 10.0 Å². The Morgan fingerprint density at radius 1 is 1.35 bits per heavy atom. The standard InChI is InChI=1S/C13H19ClN4O4S/c14-11-2-3-13(12(10-11)18(19)20)23(21,22)16-4-1-7-17-8-5-15-6-9-17/h2-3,10,15-16H,1,4-9H2. The summed E-state index contributed by atoms with van der Waals surface area (Å²) in [6, 6.07) is 3.51. The van der Waals surface area contributed by atoms with Gasteiger partial charge in [0.2, 0.25) is 10.0 Å². The van der Waals surface area contributed by atoms with Crippen LogP contribution in [-0.4, -0.2) is 57.5 Å². The number of nitro groups is 1. The Labute approximate surface area is 140 Å². The molecule has 0 saturated carbocycles. The number of nitro benzene ring substituents is 1. The quantitative estimate of drug-likeness (QED) is 0.423. The molecular formula is C13H19ClN4O4S. The molecule has 2 rings (SSSR count). The Morgan fingerprint density at radius 2 is 2.04 bits per heavy atom. The van der Waals surface area contributed by atoms with E-state index in [1.54, 1.807) is 0 Å². The molecule has 0 radical (unpaired) electrons. The van der Waals surface area contributed by atoms with E-state index < -0.39 is 20.6 Å². The molecule has 1 heterocycles. The largest absolute Gasteiger partial charge is 0.314 e. The summed E-state index contributed by atoms with van der Waals surface area (Å²) in [5.74, 6) is 0. The first-order valence-electron chi connectivity index (χ1n) is 7.27. The highest BCUT2D eigenvalue weighted by Crippen LogP contribution is 2.26. The molecule has 23 heavy (non-hydrogen) atoms. The predicted octanol–water partition coefficient (Wildman–Crippen LogP) is 0.822. The summed E-state index contributed by atoms with van der Waals surface area (Å²) in [5.41, 5.74) is -0.521. The van der Waals surface area contributed by atoms with E-state index in [-0.39, 0.29) is 16.5 Å². The summed E-state index contributed by atoms with van der Waals surface area (Å²) in [6.07, 6.45) is 0.640. The van der Waals surface area contributed by atoms with Gasteiger partial charge in [-0.2, -0.15) is 0 Å². The van der Waals surface area contributed by atoms with Crippen LogP contribution in [0.4, 0.5) is 5.69 Å². The summed E-state index contributed by atoms with van der Waals surface area (Å²) in [4.78, 5) is 12.1. The minimum atomic E-state index is -3.94. The third kappa shape index (κ3) is 5.11. The van der Waals surface area contributed by atoms with Crippen molar-refractivity contribution in [1.82, 2.24) is 14.9 Å². The van der Waals surface area contributed by atoms with Gasteiger partial charge >= 0.3 is 0 Å². The molecule has 2 N–H and O–H groups in total. The molecule has 0 bridgehead atoms. The maximum Gasteiger partial charge on any atom is 0.290 e. The number of piperazine rings is 1. The molecule has 0 amide bonds. The van der Waals surface area contributed by atoms with Crippen molar-refractivity contribution in [3.05, 3.63) is 33.3 Å². The lowest BCUT2D eigenvalue weighted by Crippen LogP contribution is -2.44. The van der Waals surface area contributed by atoms with Crippen molar-refractivity contribution in [2.75, 3.05) is 39.3 Å². The van der Waals surface area contributed by atoms with Crippen molar-refractivity contribution in [1.29, 1.82) is 0 Å². The first-order chi connectivity index (χ1) is 10.9. The van der Waals surface area contributed by atoms with Gasteiger partial charge in [-0.3, -0.25) is 10.1 Å². The Kier molecular flexibility index (Phi) is 6.31. The lowest BCUT2D eigenvalue weighted by molar-refractivity contribution is -0.387. The van der Waals surface area contributed by atoms with Gasteiger partial charge in [0.1, 0.15) is 0 Å². The first-order valence-corrected chi connectivity index (χ1v) is 9.13. The minimum Gasteiger partial charge on any atom is -0.314 e. The van der Waals surface area contributed by atoms with Crippen molar-refractivity contribution in [2.24, 2.45) is 0 Å².